The molecule has 0 bridgehead atoms. The lowest BCUT2D eigenvalue weighted by Gasteiger charge is -2.20. The number of anilines is 1. The summed E-state index contributed by atoms with van der Waals surface area (Å²) in [5.41, 5.74) is 0.970. The first kappa shape index (κ1) is 14.6. The highest BCUT2D eigenvalue weighted by molar-refractivity contribution is 7.18. The number of carbonyl (C=O) groups excluding carboxylic acids is 1. The number of amides is 1. The molecule has 0 spiro atoms. The van der Waals surface area contributed by atoms with Gasteiger partial charge in [-0.05, 0) is 18.1 Å². The Morgan fingerprint density at radius 1 is 1.30 bits per heavy atom. The van der Waals surface area contributed by atoms with Crippen molar-refractivity contribution in [1.29, 1.82) is 0 Å². The molecule has 0 aliphatic rings. The summed E-state index contributed by atoms with van der Waals surface area (Å²) in [6, 6.07) is 3.78. The van der Waals surface area contributed by atoms with Crippen molar-refractivity contribution in [3.05, 3.63) is 24.5 Å². The first-order valence-electron chi connectivity index (χ1n) is 6.66. The molecule has 106 valence electrons. The second-order valence-electron chi connectivity index (χ2n) is 4.88. The van der Waals surface area contributed by atoms with Crippen molar-refractivity contribution in [1.82, 2.24) is 15.2 Å². The number of hydrogen-bond acceptors (Lipinski definition) is 5. The molecule has 2 heterocycles. The maximum Gasteiger partial charge on any atom is 0.228 e. The van der Waals surface area contributed by atoms with E-state index in [-0.39, 0.29) is 5.91 Å². The normalized spacial score (nSPS) is 10.8. The van der Waals surface area contributed by atoms with Crippen LogP contribution >= 0.6 is 11.3 Å². The summed E-state index contributed by atoms with van der Waals surface area (Å²) in [5.74, 6) is 0.468. The van der Waals surface area contributed by atoms with Gasteiger partial charge in [0.2, 0.25) is 11.0 Å². The van der Waals surface area contributed by atoms with Crippen molar-refractivity contribution in [3.63, 3.8) is 0 Å². The van der Waals surface area contributed by atoms with Crippen molar-refractivity contribution in [2.24, 2.45) is 5.92 Å². The molecule has 2 rings (SSSR count). The van der Waals surface area contributed by atoms with Crippen LogP contribution in [0.2, 0.25) is 0 Å². The summed E-state index contributed by atoms with van der Waals surface area (Å²) in [6.07, 6.45) is 3.91. The van der Waals surface area contributed by atoms with Crippen LogP contribution < -0.4 is 4.90 Å². The predicted octanol–water partition coefficient (Wildman–Crippen LogP) is 3.00. The SMILES string of the molecule is CCC(=O)N(CC(C)C)c1nnc(-c2ccncc2)s1. The van der Waals surface area contributed by atoms with Gasteiger partial charge in [0.25, 0.3) is 0 Å². The van der Waals surface area contributed by atoms with E-state index in [1.165, 1.54) is 11.3 Å². The fourth-order valence-corrected chi connectivity index (χ4v) is 2.66. The van der Waals surface area contributed by atoms with Gasteiger partial charge in [0.15, 0.2) is 0 Å². The topological polar surface area (TPSA) is 59.0 Å². The van der Waals surface area contributed by atoms with E-state index in [0.717, 1.165) is 10.6 Å². The van der Waals surface area contributed by atoms with Crippen LogP contribution in [0.4, 0.5) is 5.13 Å². The molecule has 5 nitrogen and oxygen atoms in total. The molecular weight excluding hydrogens is 272 g/mol. The summed E-state index contributed by atoms with van der Waals surface area (Å²) >= 11 is 1.43. The molecule has 1 amide bonds. The van der Waals surface area contributed by atoms with E-state index in [9.17, 15) is 4.79 Å². The Kier molecular flexibility index (Phi) is 4.79. The number of nitrogens with zero attached hydrogens (tertiary/aromatic N) is 4. The van der Waals surface area contributed by atoms with Crippen molar-refractivity contribution in [2.45, 2.75) is 27.2 Å². The Balaban J connectivity index is 2.27. The van der Waals surface area contributed by atoms with Gasteiger partial charge in [0.1, 0.15) is 5.01 Å². The maximum atomic E-state index is 12.0. The molecule has 0 N–H and O–H groups in total. The van der Waals surface area contributed by atoms with Gasteiger partial charge in [-0.2, -0.15) is 0 Å². The Hall–Kier alpha value is -1.82. The van der Waals surface area contributed by atoms with Crippen molar-refractivity contribution < 1.29 is 4.79 Å². The quantitative estimate of drug-likeness (QED) is 0.849. The highest BCUT2D eigenvalue weighted by Crippen LogP contribution is 2.29. The van der Waals surface area contributed by atoms with E-state index in [1.807, 2.05) is 19.1 Å². The third-order valence-corrected chi connectivity index (χ3v) is 3.72. The van der Waals surface area contributed by atoms with Gasteiger partial charge >= 0.3 is 0 Å². The van der Waals surface area contributed by atoms with Crippen LogP contribution in [0.15, 0.2) is 24.5 Å². The Bertz CT molecular complexity index is 568. The standard InChI is InChI=1S/C14H18N4OS/c1-4-12(19)18(9-10(2)3)14-17-16-13(20-14)11-5-7-15-8-6-11/h5-8,10H,4,9H2,1-3H3. The summed E-state index contributed by atoms with van der Waals surface area (Å²) < 4.78 is 0. The second-order valence-corrected chi connectivity index (χ2v) is 5.83. The van der Waals surface area contributed by atoms with E-state index >= 15 is 0 Å². The second kappa shape index (κ2) is 6.56. The van der Waals surface area contributed by atoms with Crippen LogP contribution in [0.5, 0.6) is 0 Å². The Morgan fingerprint density at radius 2 is 2.00 bits per heavy atom. The molecule has 0 unspecified atom stereocenters. The first-order chi connectivity index (χ1) is 9.61. The molecule has 0 aromatic carbocycles. The van der Waals surface area contributed by atoms with Crippen LogP contribution in [0.1, 0.15) is 27.2 Å². The fraction of sp³-hybridized carbons (Fsp3) is 0.429. The smallest absolute Gasteiger partial charge is 0.228 e. The summed E-state index contributed by atoms with van der Waals surface area (Å²) in [4.78, 5) is 17.8. The van der Waals surface area contributed by atoms with Crippen LogP contribution in [-0.2, 0) is 4.79 Å². The fourth-order valence-electron chi connectivity index (χ4n) is 1.78. The minimum absolute atomic E-state index is 0.0797. The van der Waals surface area contributed by atoms with Crippen LogP contribution in [-0.4, -0.2) is 27.6 Å². The molecule has 0 saturated carbocycles. The van der Waals surface area contributed by atoms with E-state index in [4.69, 9.17) is 0 Å². The third-order valence-electron chi connectivity index (χ3n) is 2.72. The van der Waals surface area contributed by atoms with Gasteiger partial charge in [0.05, 0.1) is 0 Å². The molecule has 6 heteroatoms. The maximum absolute atomic E-state index is 12.0. The van der Waals surface area contributed by atoms with Gasteiger partial charge in [-0.1, -0.05) is 32.1 Å². The van der Waals surface area contributed by atoms with E-state index < -0.39 is 0 Å². The molecule has 20 heavy (non-hydrogen) atoms. The van der Waals surface area contributed by atoms with Gasteiger partial charge in [-0.25, -0.2) is 0 Å². The molecular formula is C14H18N4OS. The minimum Gasteiger partial charge on any atom is -0.286 e. The Labute approximate surface area is 122 Å². The lowest BCUT2D eigenvalue weighted by Crippen LogP contribution is -2.33. The summed E-state index contributed by atoms with van der Waals surface area (Å²) in [7, 11) is 0. The van der Waals surface area contributed by atoms with Crippen molar-refractivity contribution in [2.75, 3.05) is 11.4 Å². The zero-order valence-corrected chi connectivity index (χ0v) is 12.7. The van der Waals surface area contributed by atoms with Crippen LogP contribution in [0.25, 0.3) is 10.6 Å². The number of hydrogen-bond donors (Lipinski definition) is 0. The van der Waals surface area contributed by atoms with Gasteiger partial charge in [-0.15, -0.1) is 10.2 Å². The van der Waals surface area contributed by atoms with Gasteiger partial charge in [-0.3, -0.25) is 14.7 Å². The molecule has 0 atom stereocenters. The predicted molar refractivity (Wildman–Crippen MR) is 80.6 cm³/mol. The van der Waals surface area contributed by atoms with Gasteiger partial charge in [0, 0.05) is 30.9 Å². The number of aromatic nitrogens is 3. The lowest BCUT2D eigenvalue weighted by molar-refractivity contribution is -0.118. The third kappa shape index (κ3) is 3.39. The molecule has 0 aliphatic carbocycles. The lowest BCUT2D eigenvalue weighted by atomic mass is 10.2. The molecule has 0 aliphatic heterocycles. The highest BCUT2D eigenvalue weighted by atomic mass is 32.1. The molecule has 0 fully saturated rings. The molecule has 2 aromatic rings. The zero-order chi connectivity index (χ0) is 14.5. The van der Waals surface area contributed by atoms with Crippen molar-refractivity contribution in [3.8, 4) is 10.6 Å². The highest BCUT2D eigenvalue weighted by Gasteiger charge is 2.20. The number of carbonyl (C=O) groups is 1. The minimum atomic E-state index is 0.0797. The average Bonchev–Trinajstić information content (AvgIpc) is 2.94. The monoisotopic (exact) mass is 290 g/mol. The van der Waals surface area contributed by atoms with Gasteiger partial charge < -0.3 is 0 Å². The summed E-state index contributed by atoms with van der Waals surface area (Å²) in [6.45, 7) is 6.69. The van der Waals surface area contributed by atoms with Crippen molar-refractivity contribution >= 4 is 22.4 Å². The van der Waals surface area contributed by atoms with E-state index in [2.05, 4.69) is 29.0 Å². The first-order valence-corrected chi connectivity index (χ1v) is 7.47. The van der Waals surface area contributed by atoms with E-state index in [0.29, 0.717) is 24.0 Å². The summed E-state index contributed by atoms with van der Waals surface area (Å²) in [5, 5.41) is 9.82. The van der Waals surface area contributed by atoms with Crippen LogP contribution in [0.3, 0.4) is 0 Å². The number of rotatable bonds is 5. The van der Waals surface area contributed by atoms with Crippen LogP contribution in [0, 0.1) is 5.92 Å². The number of pyridine rings is 1. The molecule has 0 radical (unpaired) electrons. The largest absolute Gasteiger partial charge is 0.286 e. The zero-order valence-electron chi connectivity index (χ0n) is 11.9. The van der Waals surface area contributed by atoms with E-state index in [1.54, 1.807) is 17.3 Å². The molecule has 2 aromatic heterocycles. The molecule has 0 saturated heterocycles. The Morgan fingerprint density at radius 3 is 2.60 bits per heavy atom. The average molecular weight is 290 g/mol.